The van der Waals surface area contributed by atoms with Crippen LogP contribution < -0.4 is 5.73 Å². The lowest BCUT2D eigenvalue weighted by atomic mass is 9.95. The maximum absolute atomic E-state index is 6.44. The van der Waals surface area contributed by atoms with Gasteiger partial charge >= 0.3 is 0 Å². The number of rotatable bonds is 3. The highest BCUT2D eigenvalue weighted by Gasteiger charge is 2.11. The minimum atomic E-state index is -0.0364. The molecule has 1 aromatic heterocycles. The number of aromatic nitrogens is 1. The van der Waals surface area contributed by atoms with Crippen LogP contribution in [-0.2, 0) is 6.42 Å². The zero-order chi connectivity index (χ0) is 14.8. The standard InChI is InChI=1S/C19H20N2/c1-13-7-8-15(9-14(13)2)10-19(20)18-12-21-11-16-5-3-4-6-17(16)18/h3-9,11-12,19H,10,20H2,1-2H3. The van der Waals surface area contributed by atoms with Crippen LogP contribution in [0.15, 0.2) is 54.9 Å². The Bertz CT molecular complexity index is 772. The molecule has 0 fully saturated rings. The van der Waals surface area contributed by atoms with Gasteiger partial charge in [0.1, 0.15) is 0 Å². The number of nitrogens with two attached hydrogens (primary N) is 1. The van der Waals surface area contributed by atoms with Crippen LogP contribution in [0.2, 0.25) is 0 Å². The van der Waals surface area contributed by atoms with E-state index in [2.05, 4.69) is 55.2 Å². The second kappa shape index (κ2) is 5.66. The lowest BCUT2D eigenvalue weighted by molar-refractivity contribution is 0.724. The van der Waals surface area contributed by atoms with Gasteiger partial charge in [-0.1, -0.05) is 42.5 Å². The first-order valence-corrected chi connectivity index (χ1v) is 7.29. The molecular weight excluding hydrogens is 256 g/mol. The number of fused-ring (bicyclic) bond motifs is 1. The SMILES string of the molecule is Cc1ccc(CC(N)c2cncc3ccccc23)cc1C. The fourth-order valence-corrected chi connectivity index (χ4v) is 2.73. The molecule has 0 saturated heterocycles. The summed E-state index contributed by atoms with van der Waals surface area (Å²) in [7, 11) is 0. The van der Waals surface area contributed by atoms with Gasteiger partial charge in [0.25, 0.3) is 0 Å². The van der Waals surface area contributed by atoms with Crippen LogP contribution in [0.5, 0.6) is 0 Å². The van der Waals surface area contributed by atoms with E-state index < -0.39 is 0 Å². The average Bonchev–Trinajstić information content (AvgIpc) is 2.50. The van der Waals surface area contributed by atoms with Crippen molar-refractivity contribution in [1.82, 2.24) is 4.98 Å². The fraction of sp³-hybridized carbons (Fsp3) is 0.211. The van der Waals surface area contributed by atoms with Crippen LogP contribution in [0.1, 0.15) is 28.3 Å². The summed E-state index contributed by atoms with van der Waals surface area (Å²) in [6.45, 7) is 4.28. The van der Waals surface area contributed by atoms with Gasteiger partial charge < -0.3 is 5.73 Å². The van der Waals surface area contributed by atoms with Crippen molar-refractivity contribution in [1.29, 1.82) is 0 Å². The smallest absolute Gasteiger partial charge is 0.0357 e. The summed E-state index contributed by atoms with van der Waals surface area (Å²) >= 11 is 0. The first-order chi connectivity index (χ1) is 10.1. The number of benzene rings is 2. The maximum Gasteiger partial charge on any atom is 0.0357 e. The van der Waals surface area contributed by atoms with Gasteiger partial charge in [-0.15, -0.1) is 0 Å². The van der Waals surface area contributed by atoms with E-state index >= 15 is 0 Å². The van der Waals surface area contributed by atoms with Gasteiger partial charge in [0.15, 0.2) is 0 Å². The van der Waals surface area contributed by atoms with Gasteiger partial charge in [0, 0.05) is 23.8 Å². The Morgan fingerprint density at radius 3 is 2.62 bits per heavy atom. The first kappa shape index (κ1) is 13.8. The number of pyridine rings is 1. The van der Waals surface area contributed by atoms with Crippen molar-refractivity contribution in [3.63, 3.8) is 0 Å². The molecule has 3 rings (SSSR count). The Hall–Kier alpha value is -2.19. The molecule has 106 valence electrons. The zero-order valence-electron chi connectivity index (χ0n) is 12.5. The van der Waals surface area contributed by atoms with Crippen molar-refractivity contribution in [2.45, 2.75) is 26.3 Å². The molecule has 0 radical (unpaired) electrons. The third kappa shape index (κ3) is 2.81. The molecule has 0 saturated carbocycles. The summed E-state index contributed by atoms with van der Waals surface area (Å²) in [4.78, 5) is 4.33. The zero-order valence-corrected chi connectivity index (χ0v) is 12.5. The normalized spacial score (nSPS) is 12.5. The van der Waals surface area contributed by atoms with E-state index in [4.69, 9.17) is 5.73 Å². The summed E-state index contributed by atoms with van der Waals surface area (Å²) in [5, 5.41) is 2.34. The molecule has 1 unspecified atom stereocenters. The Morgan fingerprint density at radius 2 is 1.81 bits per heavy atom. The number of aryl methyl sites for hydroxylation is 2. The van der Waals surface area contributed by atoms with Crippen molar-refractivity contribution < 1.29 is 0 Å². The summed E-state index contributed by atoms with van der Waals surface area (Å²) in [6.07, 6.45) is 4.62. The maximum atomic E-state index is 6.44. The van der Waals surface area contributed by atoms with Crippen molar-refractivity contribution in [3.8, 4) is 0 Å². The second-order valence-electron chi connectivity index (χ2n) is 5.68. The van der Waals surface area contributed by atoms with E-state index in [1.165, 1.54) is 22.1 Å². The fourth-order valence-electron chi connectivity index (χ4n) is 2.73. The number of hydrogen-bond acceptors (Lipinski definition) is 2. The van der Waals surface area contributed by atoms with Crippen LogP contribution in [-0.4, -0.2) is 4.98 Å². The summed E-state index contributed by atoms with van der Waals surface area (Å²) in [5.41, 5.74) is 11.5. The van der Waals surface area contributed by atoms with Crippen molar-refractivity contribution in [2.75, 3.05) is 0 Å². The highest BCUT2D eigenvalue weighted by molar-refractivity contribution is 5.85. The number of nitrogens with zero attached hydrogens (tertiary/aromatic N) is 1. The molecule has 2 aromatic carbocycles. The lowest BCUT2D eigenvalue weighted by Crippen LogP contribution is -2.14. The van der Waals surface area contributed by atoms with Gasteiger partial charge in [-0.3, -0.25) is 4.98 Å². The van der Waals surface area contributed by atoms with E-state index in [9.17, 15) is 0 Å². The van der Waals surface area contributed by atoms with Crippen LogP contribution in [0.3, 0.4) is 0 Å². The Morgan fingerprint density at radius 1 is 1.00 bits per heavy atom. The molecule has 1 atom stereocenters. The molecule has 2 N–H and O–H groups in total. The minimum Gasteiger partial charge on any atom is -0.324 e. The molecule has 0 bridgehead atoms. The molecule has 0 aliphatic rings. The van der Waals surface area contributed by atoms with Crippen molar-refractivity contribution in [3.05, 3.63) is 77.1 Å². The first-order valence-electron chi connectivity index (χ1n) is 7.29. The largest absolute Gasteiger partial charge is 0.324 e. The van der Waals surface area contributed by atoms with Gasteiger partial charge in [-0.05, 0) is 47.9 Å². The van der Waals surface area contributed by atoms with E-state index in [1.807, 2.05) is 18.5 Å². The molecule has 0 aliphatic carbocycles. The Kier molecular flexibility index (Phi) is 3.72. The van der Waals surface area contributed by atoms with Gasteiger partial charge in [-0.25, -0.2) is 0 Å². The predicted molar refractivity (Wildman–Crippen MR) is 88.3 cm³/mol. The molecule has 21 heavy (non-hydrogen) atoms. The Labute approximate surface area is 125 Å². The highest BCUT2D eigenvalue weighted by Crippen LogP contribution is 2.24. The second-order valence-corrected chi connectivity index (χ2v) is 5.68. The predicted octanol–water partition coefficient (Wildman–Crippen LogP) is 4.09. The summed E-state index contributed by atoms with van der Waals surface area (Å²) in [5.74, 6) is 0. The molecule has 3 aromatic rings. The Balaban J connectivity index is 1.93. The molecule has 0 spiro atoms. The van der Waals surface area contributed by atoms with E-state index in [-0.39, 0.29) is 6.04 Å². The quantitative estimate of drug-likeness (QED) is 0.782. The monoisotopic (exact) mass is 276 g/mol. The summed E-state index contributed by atoms with van der Waals surface area (Å²) in [6, 6.07) is 14.8. The lowest BCUT2D eigenvalue weighted by Gasteiger charge is -2.15. The van der Waals surface area contributed by atoms with E-state index in [1.54, 1.807) is 0 Å². The third-order valence-corrected chi connectivity index (χ3v) is 4.13. The van der Waals surface area contributed by atoms with Crippen LogP contribution in [0.25, 0.3) is 10.8 Å². The molecule has 0 amide bonds. The minimum absolute atomic E-state index is 0.0364. The van der Waals surface area contributed by atoms with E-state index in [0.717, 1.165) is 17.4 Å². The number of hydrogen-bond donors (Lipinski definition) is 1. The van der Waals surface area contributed by atoms with Gasteiger partial charge in [-0.2, -0.15) is 0 Å². The van der Waals surface area contributed by atoms with Gasteiger partial charge in [0.2, 0.25) is 0 Å². The van der Waals surface area contributed by atoms with Crippen molar-refractivity contribution in [2.24, 2.45) is 5.73 Å². The highest BCUT2D eigenvalue weighted by atomic mass is 14.7. The van der Waals surface area contributed by atoms with Crippen LogP contribution in [0, 0.1) is 13.8 Å². The topological polar surface area (TPSA) is 38.9 Å². The molecular formula is C19H20N2. The van der Waals surface area contributed by atoms with E-state index in [0.29, 0.717) is 0 Å². The summed E-state index contributed by atoms with van der Waals surface area (Å²) < 4.78 is 0. The third-order valence-electron chi connectivity index (χ3n) is 4.13. The van der Waals surface area contributed by atoms with Crippen LogP contribution in [0.4, 0.5) is 0 Å². The van der Waals surface area contributed by atoms with Gasteiger partial charge in [0.05, 0.1) is 0 Å². The average molecular weight is 276 g/mol. The van der Waals surface area contributed by atoms with Crippen LogP contribution >= 0.6 is 0 Å². The molecule has 1 heterocycles. The molecule has 0 aliphatic heterocycles. The molecule has 2 nitrogen and oxygen atoms in total. The van der Waals surface area contributed by atoms with Crippen molar-refractivity contribution >= 4 is 10.8 Å². The molecule has 2 heteroatoms.